The number of thioether (sulfide) groups is 1. The van der Waals surface area contributed by atoms with E-state index in [2.05, 4.69) is 37.7 Å². The molecule has 2 aromatic heterocycles. The summed E-state index contributed by atoms with van der Waals surface area (Å²) in [6, 6.07) is 8.21. The SMILES string of the molecule is C=CCSc1nn(C)c2nc3c(c(=O)n12)C(C)(C)Cc1ccccc1-3. The van der Waals surface area contributed by atoms with Gasteiger partial charge in [0.25, 0.3) is 5.56 Å². The van der Waals surface area contributed by atoms with E-state index in [1.54, 1.807) is 9.08 Å². The van der Waals surface area contributed by atoms with E-state index in [1.165, 1.54) is 17.3 Å². The first-order valence-corrected chi connectivity index (χ1v) is 9.25. The third kappa shape index (κ3) is 2.35. The van der Waals surface area contributed by atoms with Crippen LogP contribution in [0.5, 0.6) is 0 Å². The van der Waals surface area contributed by atoms with Gasteiger partial charge in [0.2, 0.25) is 5.78 Å². The maximum atomic E-state index is 13.4. The zero-order valence-electron chi connectivity index (χ0n) is 14.6. The van der Waals surface area contributed by atoms with E-state index in [0.717, 1.165) is 23.2 Å². The van der Waals surface area contributed by atoms with Gasteiger partial charge in [-0.2, -0.15) is 0 Å². The summed E-state index contributed by atoms with van der Waals surface area (Å²) in [6.45, 7) is 7.98. The van der Waals surface area contributed by atoms with E-state index in [0.29, 0.717) is 16.7 Å². The fourth-order valence-corrected chi connectivity index (χ4v) is 4.36. The number of hydrogen-bond acceptors (Lipinski definition) is 4. The average Bonchev–Trinajstić information content (AvgIpc) is 2.88. The van der Waals surface area contributed by atoms with Crippen molar-refractivity contribution in [3.63, 3.8) is 0 Å². The van der Waals surface area contributed by atoms with E-state index in [1.807, 2.05) is 25.3 Å². The molecule has 128 valence electrons. The van der Waals surface area contributed by atoms with Gasteiger partial charge in [-0.3, -0.25) is 4.79 Å². The first-order chi connectivity index (χ1) is 11.9. The lowest BCUT2D eigenvalue weighted by molar-refractivity contribution is 0.505. The van der Waals surface area contributed by atoms with Crippen molar-refractivity contribution in [3.05, 3.63) is 58.4 Å². The van der Waals surface area contributed by atoms with Crippen molar-refractivity contribution in [2.24, 2.45) is 7.05 Å². The first kappa shape index (κ1) is 16.1. The van der Waals surface area contributed by atoms with Crippen molar-refractivity contribution in [1.29, 1.82) is 0 Å². The summed E-state index contributed by atoms with van der Waals surface area (Å²) in [5, 5.41) is 5.15. The molecule has 0 fully saturated rings. The summed E-state index contributed by atoms with van der Waals surface area (Å²) in [4.78, 5) is 18.3. The molecule has 0 amide bonds. The highest BCUT2D eigenvalue weighted by Gasteiger charge is 2.36. The minimum atomic E-state index is -0.273. The molecule has 0 saturated heterocycles. The van der Waals surface area contributed by atoms with E-state index in [-0.39, 0.29) is 11.0 Å². The Hall–Kier alpha value is -2.34. The smallest absolute Gasteiger partial charge is 0.265 e. The van der Waals surface area contributed by atoms with Crippen LogP contribution in [0.3, 0.4) is 0 Å². The Morgan fingerprint density at radius 3 is 2.88 bits per heavy atom. The van der Waals surface area contributed by atoms with Crippen LogP contribution in [0.1, 0.15) is 25.0 Å². The van der Waals surface area contributed by atoms with Crippen LogP contribution in [0.2, 0.25) is 0 Å². The molecule has 0 saturated carbocycles. The largest absolute Gasteiger partial charge is 0.268 e. The molecule has 0 aliphatic heterocycles. The van der Waals surface area contributed by atoms with Crippen molar-refractivity contribution < 1.29 is 0 Å². The molecule has 0 spiro atoms. The Labute approximate surface area is 150 Å². The summed E-state index contributed by atoms with van der Waals surface area (Å²) in [5.41, 5.74) is 3.57. The molecule has 5 nitrogen and oxygen atoms in total. The fraction of sp³-hybridized carbons (Fsp3) is 0.316. The second kappa shape index (κ2) is 5.59. The van der Waals surface area contributed by atoms with Gasteiger partial charge >= 0.3 is 0 Å². The number of benzene rings is 1. The van der Waals surface area contributed by atoms with Gasteiger partial charge in [0.1, 0.15) is 0 Å². The van der Waals surface area contributed by atoms with E-state index in [4.69, 9.17) is 4.98 Å². The third-order valence-electron chi connectivity index (χ3n) is 4.69. The molecule has 25 heavy (non-hydrogen) atoms. The van der Waals surface area contributed by atoms with Gasteiger partial charge in [-0.15, -0.1) is 11.7 Å². The van der Waals surface area contributed by atoms with Crippen LogP contribution in [-0.4, -0.2) is 24.9 Å². The van der Waals surface area contributed by atoms with E-state index < -0.39 is 0 Å². The molecule has 0 atom stereocenters. The second-order valence-electron chi connectivity index (χ2n) is 7.00. The first-order valence-electron chi connectivity index (χ1n) is 8.26. The van der Waals surface area contributed by atoms with Crippen molar-refractivity contribution in [1.82, 2.24) is 19.2 Å². The lowest BCUT2D eigenvalue weighted by Crippen LogP contribution is -2.36. The monoisotopic (exact) mass is 352 g/mol. The summed E-state index contributed by atoms with van der Waals surface area (Å²) < 4.78 is 3.32. The number of aryl methyl sites for hydroxylation is 1. The molecular weight excluding hydrogens is 332 g/mol. The molecule has 1 aliphatic carbocycles. The number of nitrogens with zero attached hydrogens (tertiary/aromatic N) is 4. The lowest BCUT2D eigenvalue weighted by Gasteiger charge is -2.32. The minimum absolute atomic E-state index is 0.0147. The maximum Gasteiger partial charge on any atom is 0.265 e. The van der Waals surface area contributed by atoms with E-state index in [9.17, 15) is 4.79 Å². The molecule has 2 heterocycles. The quantitative estimate of drug-likeness (QED) is 0.536. The van der Waals surface area contributed by atoms with Gasteiger partial charge in [0.15, 0.2) is 5.16 Å². The van der Waals surface area contributed by atoms with E-state index >= 15 is 0 Å². The number of aromatic nitrogens is 4. The van der Waals surface area contributed by atoms with Crippen LogP contribution in [0.4, 0.5) is 0 Å². The van der Waals surface area contributed by atoms with Crippen molar-refractivity contribution >= 4 is 17.5 Å². The summed E-state index contributed by atoms with van der Waals surface area (Å²) in [7, 11) is 1.83. The van der Waals surface area contributed by atoms with Crippen LogP contribution < -0.4 is 5.56 Å². The van der Waals surface area contributed by atoms with Gasteiger partial charge in [0, 0.05) is 23.8 Å². The van der Waals surface area contributed by atoms with Crippen LogP contribution in [0.25, 0.3) is 17.0 Å². The summed E-state index contributed by atoms with van der Waals surface area (Å²) in [5.74, 6) is 1.27. The van der Waals surface area contributed by atoms with Crippen LogP contribution in [0, 0.1) is 0 Å². The Bertz CT molecular complexity index is 1060. The van der Waals surface area contributed by atoms with Gasteiger partial charge in [-0.25, -0.2) is 14.1 Å². The molecular formula is C19H20N4OS. The van der Waals surface area contributed by atoms with Gasteiger partial charge in [-0.05, 0) is 12.0 Å². The van der Waals surface area contributed by atoms with Gasteiger partial charge < -0.3 is 0 Å². The normalized spacial score (nSPS) is 15.0. The predicted octanol–water partition coefficient (Wildman–Crippen LogP) is 3.21. The highest BCUT2D eigenvalue weighted by molar-refractivity contribution is 7.99. The van der Waals surface area contributed by atoms with Gasteiger partial charge in [0.05, 0.1) is 11.3 Å². The van der Waals surface area contributed by atoms with Crippen molar-refractivity contribution in [2.75, 3.05) is 5.75 Å². The molecule has 3 aromatic rings. The molecule has 0 radical (unpaired) electrons. The summed E-state index contributed by atoms with van der Waals surface area (Å²) >= 11 is 1.49. The molecule has 0 N–H and O–H groups in total. The number of hydrogen-bond donors (Lipinski definition) is 0. The Morgan fingerprint density at radius 1 is 1.36 bits per heavy atom. The zero-order valence-corrected chi connectivity index (χ0v) is 15.4. The number of fused-ring (bicyclic) bond motifs is 4. The topological polar surface area (TPSA) is 52.2 Å². The minimum Gasteiger partial charge on any atom is -0.268 e. The highest BCUT2D eigenvalue weighted by atomic mass is 32.2. The Balaban J connectivity index is 2.10. The molecule has 1 aliphatic rings. The standard InChI is InChI=1S/C19H20N4OS/c1-5-10-25-18-21-22(4)17-20-15-13-9-7-6-8-12(13)11-19(2,3)14(15)16(24)23(17)18/h5-9H,1,10-11H2,2-4H3. The maximum absolute atomic E-state index is 13.4. The lowest BCUT2D eigenvalue weighted by atomic mass is 9.72. The summed E-state index contributed by atoms with van der Waals surface area (Å²) in [6.07, 6.45) is 2.64. The van der Waals surface area contributed by atoms with Crippen LogP contribution in [-0.2, 0) is 18.9 Å². The zero-order chi connectivity index (χ0) is 17.8. The Morgan fingerprint density at radius 2 is 2.12 bits per heavy atom. The average molecular weight is 352 g/mol. The molecule has 1 aromatic carbocycles. The van der Waals surface area contributed by atoms with Crippen molar-refractivity contribution in [2.45, 2.75) is 30.8 Å². The van der Waals surface area contributed by atoms with Gasteiger partial charge in [-0.1, -0.05) is 56.0 Å². The third-order valence-corrected chi connectivity index (χ3v) is 5.62. The predicted molar refractivity (Wildman–Crippen MR) is 101 cm³/mol. The fourth-order valence-electron chi connectivity index (χ4n) is 3.62. The van der Waals surface area contributed by atoms with Crippen molar-refractivity contribution in [3.8, 4) is 11.3 Å². The number of rotatable bonds is 3. The van der Waals surface area contributed by atoms with Crippen LogP contribution >= 0.6 is 11.8 Å². The highest BCUT2D eigenvalue weighted by Crippen LogP contribution is 2.40. The molecule has 6 heteroatoms. The molecule has 0 bridgehead atoms. The molecule has 0 unspecified atom stereocenters. The molecule has 4 rings (SSSR count). The Kier molecular flexibility index (Phi) is 3.61. The van der Waals surface area contributed by atoms with Crippen LogP contribution in [0.15, 0.2) is 46.9 Å². The second-order valence-corrected chi connectivity index (χ2v) is 7.99.